The summed E-state index contributed by atoms with van der Waals surface area (Å²) in [5.74, 6) is 0. The monoisotopic (exact) mass is 93.1 g/mol. The summed E-state index contributed by atoms with van der Waals surface area (Å²) in [5, 5.41) is 1.18. The minimum absolute atomic E-state index is 0.0503. The van der Waals surface area contributed by atoms with Crippen LogP contribution in [-0.2, 0) is 0 Å². The van der Waals surface area contributed by atoms with E-state index in [2.05, 4.69) is 31.6 Å². The van der Waals surface area contributed by atoms with Gasteiger partial charge in [0, 0.05) is 0 Å². The second-order valence-corrected chi connectivity index (χ2v) is 2.74. The Morgan fingerprint density at radius 1 is 1.57 bits per heavy atom. The fourth-order valence-electron chi connectivity index (χ4n) is 0.644. The molecule has 0 bridgehead atoms. The topological polar surface area (TPSA) is 26.0 Å². The molecule has 7 heavy (non-hydrogen) atoms. The van der Waals surface area contributed by atoms with E-state index in [-0.39, 0.29) is 5.54 Å². The van der Waals surface area contributed by atoms with Gasteiger partial charge in [-0.25, -0.2) is 0 Å². The molecule has 0 saturated carbocycles. The molecule has 0 atom stereocenters. The molecule has 0 spiro atoms. The molecule has 0 rings (SSSR count). The van der Waals surface area contributed by atoms with E-state index in [0.717, 1.165) is 6.42 Å². The third-order valence-electron chi connectivity index (χ3n) is 0.894. The summed E-state index contributed by atoms with van der Waals surface area (Å²) in [4.78, 5) is 0. The standard InChI is InChI=1S/C5H12N.Li/c1-4-5(2,3)6;/h1,4,6H2,2-3H3;. The Hall–Kier alpha value is 0.557. The van der Waals surface area contributed by atoms with Crippen molar-refractivity contribution in [2.45, 2.75) is 30.9 Å². The first-order valence-corrected chi connectivity index (χ1v) is 2.85. The van der Waals surface area contributed by atoms with Crippen LogP contribution in [0.15, 0.2) is 0 Å². The molecule has 0 saturated heterocycles. The van der Waals surface area contributed by atoms with E-state index in [1.165, 1.54) is 5.09 Å². The van der Waals surface area contributed by atoms with E-state index in [1.807, 2.05) is 0 Å². The van der Waals surface area contributed by atoms with Crippen LogP contribution in [0, 0.1) is 0 Å². The Morgan fingerprint density at radius 2 is 2.00 bits per heavy atom. The van der Waals surface area contributed by atoms with E-state index in [9.17, 15) is 0 Å². The number of rotatable bonds is 2. The zero-order chi connectivity index (χ0) is 5.91. The average molecular weight is 93.1 g/mol. The van der Waals surface area contributed by atoms with Gasteiger partial charge in [-0.1, -0.05) is 0 Å². The van der Waals surface area contributed by atoms with Crippen molar-refractivity contribution in [1.29, 1.82) is 0 Å². The second kappa shape index (κ2) is 2.77. The Labute approximate surface area is 54.9 Å². The Morgan fingerprint density at radius 3 is 2.00 bits per heavy atom. The first kappa shape index (κ1) is 7.56. The summed E-state index contributed by atoms with van der Waals surface area (Å²) in [7, 11) is 0. The Balaban J connectivity index is 3.15. The van der Waals surface area contributed by atoms with E-state index in [1.54, 1.807) is 0 Å². The van der Waals surface area contributed by atoms with E-state index < -0.39 is 0 Å². The molecule has 0 aliphatic rings. The number of hydrogen-bond donors (Lipinski definition) is 1. The van der Waals surface area contributed by atoms with Gasteiger partial charge in [0.05, 0.1) is 0 Å². The van der Waals surface area contributed by atoms with Crippen LogP contribution in [0.3, 0.4) is 0 Å². The van der Waals surface area contributed by atoms with Gasteiger partial charge >= 0.3 is 54.3 Å². The van der Waals surface area contributed by atoms with Crippen molar-refractivity contribution >= 4 is 17.7 Å². The van der Waals surface area contributed by atoms with Gasteiger partial charge in [0.15, 0.2) is 0 Å². The van der Waals surface area contributed by atoms with Gasteiger partial charge in [0.2, 0.25) is 0 Å². The summed E-state index contributed by atoms with van der Waals surface area (Å²) in [6, 6.07) is 0. The van der Waals surface area contributed by atoms with Crippen LogP contribution in [0.1, 0.15) is 20.3 Å². The molecule has 0 aromatic heterocycles. The van der Waals surface area contributed by atoms with Crippen LogP contribution in [0.2, 0.25) is 5.09 Å². The maximum absolute atomic E-state index is 5.65. The summed E-state index contributed by atoms with van der Waals surface area (Å²) in [6.45, 7) is 4.10. The first-order valence-electron chi connectivity index (χ1n) is 2.85. The Kier molecular flexibility index (Phi) is 2.99. The molecular formula is C5H12LiN. The fraction of sp³-hybridized carbons (Fsp3) is 1.00. The molecule has 0 aromatic rings. The number of hydrogen-bond acceptors (Lipinski definition) is 1. The fourth-order valence-corrected chi connectivity index (χ4v) is 0.644. The first-order chi connectivity index (χ1) is 3.06. The molecule has 1 nitrogen and oxygen atoms in total. The average Bonchev–Trinajstić information content (AvgIpc) is 1.30. The molecule has 0 amide bonds. The predicted molar refractivity (Wildman–Crippen MR) is 33.4 cm³/mol. The van der Waals surface area contributed by atoms with E-state index in [0.29, 0.717) is 0 Å². The van der Waals surface area contributed by atoms with Crippen molar-refractivity contribution in [1.82, 2.24) is 0 Å². The molecule has 0 aromatic carbocycles. The molecule has 0 heterocycles. The van der Waals surface area contributed by atoms with Crippen LogP contribution in [0.4, 0.5) is 0 Å². The third-order valence-corrected chi connectivity index (χ3v) is 0.894. The van der Waals surface area contributed by atoms with Crippen molar-refractivity contribution in [3.63, 3.8) is 0 Å². The van der Waals surface area contributed by atoms with Crippen LogP contribution < -0.4 is 5.73 Å². The van der Waals surface area contributed by atoms with Crippen LogP contribution >= 0.6 is 0 Å². The van der Waals surface area contributed by atoms with Crippen LogP contribution in [-0.4, -0.2) is 23.3 Å². The van der Waals surface area contributed by atoms with Gasteiger partial charge in [0.1, 0.15) is 0 Å². The molecule has 0 radical (unpaired) electrons. The zero-order valence-electron chi connectivity index (χ0n) is 5.49. The second-order valence-electron chi connectivity index (χ2n) is 2.74. The molecule has 0 aliphatic heterocycles. The molecule has 0 unspecified atom stereocenters. The van der Waals surface area contributed by atoms with Gasteiger partial charge in [-0.3, -0.25) is 0 Å². The summed E-state index contributed by atoms with van der Waals surface area (Å²) in [5.41, 5.74) is 5.70. The van der Waals surface area contributed by atoms with E-state index >= 15 is 0 Å². The molecular weight excluding hydrogens is 81.0 g/mol. The molecule has 38 valence electrons. The van der Waals surface area contributed by atoms with E-state index in [4.69, 9.17) is 5.73 Å². The Bertz CT molecular complexity index is 46.5. The van der Waals surface area contributed by atoms with Crippen LogP contribution in [0.5, 0.6) is 0 Å². The summed E-state index contributed by atoms with van der Waals surface area (Å²) < 4.78 is 0. The quantitative estimate of drug-likeness (QED) is 0.499. The van der Waals surface area contributed by atoms with Gasteiger partial charge in [-0.05, 0) is 0 Å². The number of nitrogens with two attached hydrogens (primary N) is 1. The summed E-state index contributed by atoms with van der Waals surface area (Å²) in [6.07, 6.45) is 1.12. The summed E-state index contributed by atoms with van der Waals surface area (Å²) >= 11 is 2.15. The predicted octanol–water partition coefficient (Wildman–Crippen LogP) is 0.701. The van der Waals surface area contributed by atoms with Crippen molar-refractivity contribution in [3.8, 4) is 0 Å². The molecule has 2 N–H and O–H groups in total. The molecule has 2 heteroatoms. The molecule has 0 aliphatic carbocycles. The van der Waals surface area contributed by atoms with Crippen molar-refractivity contribution in [3.05, 3.63) is 0 Å². The van der Waals surface area contributed by atoms with Crippen LogP contribution in [0.25, 0.3) is 0 Å². The van der Waals surface area contributed by atoms with Crippen molar-refractivity contribution in [2.75, 3.05) is 0 Å². The zero-order valence-corrected chi connectivity index (χ0v) is 5.49. The molecule has 0 fully saturated rings. The maximum atomic E-state index is 5.65. The third kappa shape index (κ3) is 6.56. The minimum atomic E-state index is 0.0503. The van der Waals surface area contributed by atoms with Gasteiger partial charge in [0.25, 0.3) is 0 Å². The SMILES string of the molecule is [Li][CH2]CC(C)(C)N. The normalized spacial score (nSPS) is 12.1. The van der Waals surface area contributed by atoms with Gasteiger partial charge < -0.3 is 0 Å². The van der Waals surface area contributed by atoms with Crippen molar-refractivity contribution < 1.29 is 0 Å². The van der Waals surface area contributed by atoms with Gasteiger partial charge in [-0.2, -0.15) is 0 Å². The van der Waals surface area contributed by atoms with Crippen molar-refractivity contribution in [2.24, 2.45) is 5.73 Å². The van der Waals surface area contributed by atoms with Gasteiger partial charge in [-0.15, -0.1) is 0 Å².